The predicted molar refractivity (Wildman–Crippen MR) is 88.4 cm³/mol. The van der Waals surface area contributed by atoms with Crippen LogP contribution in [0.2, 0.25) is 0 Å². The van der Waals surface area contributed by atoms with Crippen LogP contribution in [-0.2, 0) is 10.3 Å². The van der Waals surface area contributed by atoms with Gasteiger partial charge in [0.15, 0.2) is 0 Å². The first-order valence-corrected chi connectivity index (χ1v) is 7.71. The minimum Gasteiger partial charge on any atom is -0.368 e. The number of hydrogen-bond donors (Lipinski definition) is 2. The molecule has 0 aliphatic carbocycles. The lowest BCUT2D eigenvalue weighted by molar-refractivity contribution is -0.122. The van der Waals surface area contributed by atoms with Crippen LogP contribution < -0.4 is 11.1 Å². The summed E-state index contributed by atoms with van der Waals surface area (Å²) in [5, 5.41) is 3.11. The van der Waals surface area contributed by atoms with Crippen LogP contribution in [0.4, 0.5) is 10.1 Å². The number of nitrogens with two attached hydrogens (primary N) is 1. The summed E-state index contributed by atoms with van der Waals surface area (Å²) >= 11 is 6.49. The second-order valence-corrected chi connectivity index (χ2v) is 6.52. The molecule has 3 N–H and O–H groups in total. The molecule has 0 aromatic heterocycles. The molecule has 0 fully saturated rings. The zero-order valence-electron chi connectivity index (χ0n) is 11.2. The van der Waals surface area contributed by atoms with E-state index < -0.39 is 17.3 Å². The molecule has 1 atom stereocenters. The van der Waals surface area contributed by atoms with Crippen LogP contribution in [0.1, 0.15) is 12.5 Å². The Labute approximate surface area is 139 Å². The molecule has 2 rings (SSSR count). The predicted octanol–water partition coefficient (Wildman–Crippen LogP) is 4.16. The lowest BCUT2D eigenvalue weighted by atomic mass is 9.90. The smallest absolute Gasteiger partial charge is 0.247 e. The molecule has 2 aromatic rings. The average Bonchev–Trinajstić information content (AvgIpc) is 2.41. The quantitative estimate of drug-likeness (QED) is 0.787. The molecule has 0 spiro atoms. The van der Waals surface area contributed by atoms with Crippen molar-refractivity contribution < 1.29 is 9.18 Å². The van der Waals surface area contributed by atoms with E-state index in [4.69, 9.17) is 5.73 Å². The second-order valence-electron chi connectivity index (χ2n) is 4.75. The fourth-order valence-electron chi connectivity index (χ4n) is 1.94. The highest BCUT2D eigenvalue weighted by molar-refractivity contribution is 9.10. The van der Waals surface area contributed by atoms with Gasteiger partial charge < -0.3 is 11.1 Å². The molecule has 0 saturated carbocycles. The number of rotatable bonds is 4. The number of anilines is 1. The van der Waals surface area contributed by atoms with Crippen LogP contribution in [-0.4, -0.2) is 5.91 Å². The summed E-state index contributed by atoms with van der Waals surface area (Å²) in [6, 6.07) is 11.8. The van der Waals surface area contributed by atoms with Gasteiger partial charge in [-0.25, -0.2) is 4.39 Å². The van der Waals surface area contributed by atoms with Gasteiger partial charge >= 0.3 is 0 Å². The van der Waals surface area contributed by atoms with Gasteiger partial charge in [-0.1, -0.05) is 28.1 Å². The standard InChI is InChI=1S/C15H13Br2FN2O/c1-15(14(19)21,9-5-6-13(18)12(17)7-9)20-11-4-2-3-10(16)8-11/h2-8,20H,1H3,(H2,19,21). The van der Waals surface area contributed by atoms with Crippen molar-refractivity contribution in [1.82, 2.24) is 0 Å². The first-order valence-electron chi connectivity index (χ1n) is 6.12. The van der Waals surface area contributed by atoms with Gasteiger partial charge in [-0.15, -0.1) is 0 Å². The number of hydrogen-bond acceptors (Lipinski definition) is 2. The first-order chi connectivity index (χ1) is 9.83. The molecule has 6 heteroatoms. The summed E-state index contributed by atoms with van der Waals surface area (Å²) in [5.74, 6) is -0.950. The maximum Gasteiger partial charge on any atom is 0.247 e. The Morgan fingerprint density at radius 3 is 2.52 bits per heavy atom. The van der Waals surface area contributed by atoms with E-state index >= 15 is 0 Å². The van der Waals surface area contributed by atoms with Crippen LogP contribution in [0.15, 0.2) is 51.4 Å². The van der Waals surface area contributed by atoms with Crippen molar-refractivity contribution in [2.24, 2.45) is 5.73 Å². The third kappa shape index (κ3) is 3.44. The van der Waals surface area contributed by atoms with Crippen molar-refractivity contribution in [3.05, 3.63) is 62.8 Å². The van der Waals surface area contributed by atoms with Gasteiger partial charge in [-0.05, 0) is 58.7 Å². The Hall–Kier alpha value is -1.40. The first kappa shape index (κ1) is 16.0. The summed E-state index contributed by atoms with van der Waals surface area (Å²) in [6.07, 6.45) is 0. The Bertz CT molecular complexity index is 693. The minimum atomic E-state index is -1.16. The number of carbonyl (C=O) groups excluding carboxylic acids is 1. The van der Waals surface area contributed by atoms with Gasteiger partial charge in [0.2, 0.25) is 5.91 Å². The topological polar surface area (TPSA) is 55.1 Å². The third-order valence-corrected chi connectivity index (χ3v) is 4.31. The van der Waals surface area contributed by atoms with Crippen molar-refractivity contribution in [3.8, 4) is 0 Å². The molecule has 0 bridgehead atoms. The minimum absolute atomic E-state index is 0.281. The number of amides is 1. The van der Waals surface area contributed by atoms with E-state index in [-0.39, 0.29) is 4.47 Å². The van der Waals surface area contributed by atoms with Crippen LogP contribution >= 0.6 is 31.9 Å². The molecule has 0 aliphatic heterocycles. The van der Waals surface area contributed by atoms with E-state index in [2.05, 4.69) is 37.2 Å². The molecule has 2 aromatic carbocycles. The molecular weight excluding hydrogens is 403 g/mol. The molecule has 1 unspecified atom stereocenters. The average molecular weight is 416 g/mol. The van der Waals surface area contributed by atoms with E-state index in [9.17, 15) is 9.18 Å². The van der Waals surface area contributed by atoms with Gasteiger partial charge in [0.25, 0.3) is 0 Å². The number of primary amides is 1. The third-order valence-electron chi connectivity index (χ3n) is 3.21. The SMILES string of the molecule is CC(Nc1cccc(Br)c1)(C(N)=O)c1ccc(F)c(Br)c1. The van der Waals surface area contributed by atoms with E-state index in [1.54, 1.807) is 13.0 Å². The van der Waals surface area contributed by atoms with Crippen LogP contribution in [0.25, 0.3) is 0 Å². The van der Waals surface area contributed by atoms with Crippen molar-refractivity contribution in [3.63, 3.8) is 0 Å². The molecule has 21 heavy (non-hydrogen) atoms. The Balaban J connectivity index is 2.45. The zero-order valence-corrected chi connectivity index (χ0v) is 14.3. The molecule has 0 heterocycles. The van der Waals surface area contributed by atoms with Crippen molar-refractivity contribution in [2.45, 2.75) is 12.5 Å². The Morgan fingerprint density at radius 2 is 1.95 bits per heavy atom. The number of nitrogens with one attached hydrogen (secondary N) is 1. The van der Waals surface area contributed by atoms with E-state index in [0.29, 0.717) is 5.56 Å². The van der Waals surface area contributed by atoms with E-state index in [0.717, 1.165) is 10.2 Å². The fraction of sp³-hybridized carbons (Fsp3) is 0.133. The van der Waals surface area contributed by atoms with Crippen molar-refractivity contribution in [2.75, 3.05) is 5.32 Å². The summed E-state index contributed by atoms with van der Waals surface area (Å²) in [7, 11) is 0. The van der Waals surface area contributed by atoms with Gasteiger partial charge in [0, 0.05) is 10.2 Å². The van der Waals surface area contributed by atoms with Gasteiger partial charge in [0.05, 0.1) is 4.47 Å². The second kappa shape index (κ2) is 6.15. The summed E-state index contributed by atoms with van der Waals surface area (Å²) < 4.78 is 14.5. The summed E-state index contributed by atoms with van der Waals surface area (Å²) in [4.78, 5) is 11.9. The van der Waals surface area contributed by atoms with Gasteiger partial charge in [-0.3, -0.25) is 4.79 Å². The largest absolute Gasteiger partial charge is 0.368 e. The normalized spacial score (nSPS) is 13.5. The maximum absolute atomic E-state index is 13.4. The highest BCUT2D eigenvalue weighted by atomic mass is 79.9. The van der Waals surface area contributed by atoms with Crippen molar-refractivity contribution in [1.29, 1.82) is 0 Å². The lowest BCUT2D eigenvalue weighted by Crippen LogP contribution is -2.45. The number of benzene rings is 2. The Kier molecular flexibility index (Phi) is 4.68. The Morgan fingerprint density at radius 1 is 1.24 bits per heavy atom. The molecule has 0 radical (unpaired) electrons. The zero-order chi connectivity index (χ0) is 15.6. The van der Waals surface area contributed by atoms with Crippen LogP contribution in [0, 0.1) is 5.82 Å². The molecule has 0 saturated heterocycles. The summed E-state index contributed by atoms with van der Waals surface area (Å²) in [5.41, 5.74) is 5.70. The highest BCUT2D eigenvalue weighted by Gasteiger charge is 2.33. The van der Waals surface area contributed by atoms with Crippen molar-refractivity contribution >= 4 is 43.5 Å². The monoisotopic (exact) mass is 414 g/mol. The van der Waals surface area contributed by atoms with E-state index in [1.165, 1.54) is 12.1 Å². The molecule has 1 amide bonds. The summed E-state index contributed by atoms with van der Waals surface area (Å²) in [6.45, 7) is 1.66. The molecule has 110 valence electrons. The van der Waals surface area contributed by atoms with Crippen LogP contribution in [0.3, 0.4) is 0 Å². The fourth-order valence-corrected chi connectivity index (χ4v) is 2.72. The van der Waals surface area contributed by atoms with E-state index in [1.807, 2.05) is 24.3 Å². The van der Waals surface area contributed by atoms with Crippen LogP contribution in [0.5, 0.6) is 0 Å². The molecule has 3 nitrogen and oxygen atoms in total. The molecule has 0 aliphatic rings. The maximum atomic E-state index is 13.4. The number of carbonyl (C=O) groups is 1. The highest BCUT2D eigenvalue weighted by Crippen LogP contribution is 2.30. The van der Waals surface area contributed by atoms with Gasteiger partial charge in [0.1, 0.15) is 11.4 Å². The number of halogens is 3. The molecular formula is C15H13Br2FN2O. The lowest BCUT2D eigenvalue weighted by Gasteiger charge is -2.29. The van der Waals surface area contributed by atoms with Gasteiger partial charge in [-0.2, -0.15) is 0 Å².